The van der Waals surface area contributed by atoms with Crippen LogP contribution in [-0.2, 0) is 4.79 Å². The molecule has 1 unspecified atom stereocenters. The van der Waals surface area contributed by atoms with Gasteiger partial charge >= 0.3 is 6.03 Å². The van der Waals surface area contributed by atoms with Crippen molar-refractivity contribution in [2.24, 2.45) is 5.92 Å². The Morgan fingerprint density at radius 3 is 2.72 bits per heavy atom. The van der Waals surface area contributed by atoms with Crippen LogP contribution in [0.25, 0.3) is 0 Å². The second kappa shape index (κ2) is 4.66. The van der Waals surface area contributed by atoms with E-state index in [1.807, 2.05) is 0 Å². The summed E-state index contributed by atoms with van der Waals surface area (Å²) >= 11 is 0. The van der Waals surface area contributed by atoms with Crippen LogP contribution in [0.4, 0.5) is 9.18 Å². The molecule has 7 heteroatoms. The summed E-state index contributed by atoms with van der Waals surface area (Å²) in [4.78, 5) is 24.1. The van der Waals surface area contributed by atoms with Crippen LogP contribution >= 0.6 is 0 Å². The highest BCUT2D eigenvalue weighted by atomic mass is 19.1. The van der Waals surface area contributed by atoms with E-state index >= 15 is 0 Å². The van der Waals surface area contributed by atoms with E-state index in [1.54, 1.807) is 6.92 Å². The SMILES string of the molecule is CC1CN([C@H]2C[C@H](O)C(CO)=C2F)C(=O)NC1=O. The Balaban J connectivity index is 2.20. The van der Waals surface area contributed by atoms with Gasteiger partial charge in [0.1, 0.15) is 5.83 Å². The number of urea groups is 1. The van der Waals surface area contributed by atoms with Gasteiger partial charge in [0, 0.05) is 18.5 Å². The van der Waals surface area contributed by atoms with Crippen LogP contribution in [0.5, 0.6) is 0 Å². The van der Waals surface area contributed by atoms with Crippen LogP contribution < -0.4 is 5.32 Å². The van der Waals surface area contributed by atoms with E-state index in [0.717, 1.165) is 0 Å². The van der Waals surface area contributed by atoms with Gasteiger partial charge in [0.25, 0.3) is 0 Å². The van der Waals surface area contributed by atoms with Crippen LogP contribution in [0.1, 0.15) is 13.3 Å². The van der Waals surface area contributed by atoms with E-state index in [0.29, 0.717) is 0 Å². The predicted molar refractivity (Wildman–Crippen MR) is 59.0 cm³/mol. The lowest BCUT2D eigenvalue weighted by molar-refractivity contribution is -0.125. The molecule has 18 heavy (non-hydrogen) atoms. The zero-order valence-corrected chi connectivity index (χ0v) is 9.89. The average molecular weight is 258 g/mol. The topological polar surface area (TPSA) is 89.9 Å². The molecule has 1 saturated heterocycles. The Kier molecular flexibility index (Phi) is 3.36. The molecule has 0 saturated carbocycles. The number of halogens is 1. The van der Waals surface area contributed by atoms with Crippen molar-refractivity contribution in [2.45, 2.75) is 25.5 Å². The van der Waals surface area contributed by atoms with E-state index in [1.165, 1.54) is 4.90 Å². The maximum absolute atomic E-state index is 13.9. The van der Waals surface area contributed by atoms with Crippen molar-refractivity contribution >= 4 is 11.9 Å². The summed E-state index contributed by atoms with van der Waals surface area (Å²) in [6.45, 7) is 1.16. The molecular formula is C11H15FN2O4. The molecule has 1 aliphatic heterocycles. The number of aliphatic hydroxyl groups excluding tert-OH is 2. The molecule has 0 aromatic rings. The number of hydrogen-bond donors (Lipinski definition) is 3. The van der Waals surface area contributed by atoms with Gasteiger partial charge in [-0.2, -0.15) is 0 Å². The smallest absolute Gasteiger partial charge is 0.324 e. The number of imide groups is 1. The molecule has 1 fully saturated rings. The first-order valence-corrected chi connectivity index (χ1v) is 5.74. The third kappa shape index (κ3) is 1.99. The van der Waals surface area contributed by atoms with Crippen molar-refractivity contribution in [2.75, 3.05) is 13.2 Å². The van der Waals surface area contributed by atoms with Crippen molar-refractivity contribution in [1.82, 2.24) is 10.2 Å². The minimum absolute atomic E-state index is 0.00998. The molecule has 0 aromatic carbocycles. The second-order valence-corrected chi connectivity index (χ2v) is 4.65. The number of hydrogen-bond acceptors (Lipinski definition) is 4. The van der Waals surface area contributed by atoms with Crippen molar-refractivity contribution in [1.29, 1.82) is 0 Å². The number of carbonyl (C=O) groups excluding carboxylic acids is 2. The fourth-order valence-electron chi connectivity index (χ4n) is 2.31. The normalized spacial score (nSPS) is 33.1. The van der Waals surface area contributed by atoms with Gasteiger partial charge in [0.05, 0.1) is 24.7 Å². The maximum atomic E-state index is 13.9. The first-order chi connectivity index (χ1) is 8.45. The molecule has 100 valence electrons. The van der Waals surface area contributed by atoms with Crippen molar-refractivity contribution in [3.63, 3.8) is 0 Å². The first kappa shape index (κ1) is 13.0. The molecule has 3 atom stereocenters. The van der Waals surface area contributed by atoms with Gasteiger partial charge in [-0.1, -0.05) is 6.92 Å². The molecule has 2 aliphatic rings. The predicted octanol–water partition coefficient (Wildman–Crippen LogP) is -0.477. The lowest BCUT2D eigenvalue weighted by Gasteiger charge is -2.34. The molecular weight excluding hydrogens is 243 g/mol. The minimum Gasteiger partial charge on any atom is -0.392 e. The summed E-state index contributed by atoms with van der Waals surface area (Å²) in [5, 5.41) is 20.7. The van der Waals surface area contributed by atoms with E-state index in [4.69, 9.17) is 5.11 Å². The first-order valence-electron chi connectivity index (χ1n) is 5.74. The number of amides is 3. The molecule has 2 rings (SSSR count). The van der Waals surface area contributed by atoms with E-state index in [9.17, 15) is 19.1 Å². The summed E-state index contributed by atoms with van der Waals surface area (Å²) in [6, 6.07) is -1.57. The number of nitrogens with one attached hydrogen (secondary N) is 1. The van der Waals surface area contributed by atoms with E-state index in [2.05, 4.69) is 5.32 Å². The van der Waals surface area contributed by atoms with Gasteiger partial charge in [-0.25, -0.2) is 9.18 Å². The molecule has 1 aliphatic carbocycles. The summed E-state index contributed by atoms with van der Waals surface area (Å²) in [5.74, 6) is -1.49. The molecule has 3 N–H and O–H groups in total. The zero-order valence-electron chi connectivity index (χ0n) is 9.89. The third-order valence-corrected chi connectivity index (χ3v) is 3.40. The quantitative estimate of drug-likeness (QED) is 0.624. The van der Waals surface area contributed by atoms with E-state index in [-0.39, 0.29) is 24.4 Å². The molecule has 3 amide bonds. The van der Waals surface area contributed by atoms with Crippen LogP contribution in [0.15, 0.2) is 11.4 Å². The lowest BCUT2D eigenvalue weighted by atomic mass is 10.1. The van der Waals surface area contributed by atoms with Crippen LogP contribution in [-0.4, -0.2) is 52.3 Å². The maximum Gasteiger partial charge on any atom is 0.324 e. The van der Waals surface area contributed by atoms with Gasteiger partial charge in [-0.15, -0.1) is 0 Å². The average Bonchev–Trinajstić information content (AvgIpc) is 2.59. The summed E-state index contributed by atoms with van der Waals surface area (Å²) in [5.41, 5.74) is -0.0858. The Labute approximate surface area is 103 Å². The van der Waals surface area contributed by atoms with Crippen molar-refractivity contribution < 1.29 is 24.2 Å². The van der Waals surface area contributed by atoms with Crippen LogP contribution in [0.2, 0.25) is 0 Å². The fourth-order valence-corrected chi connectivity index (χ4v) is 2.31. The lowest BCUT2D eigenvalue weighted by Crippen LogP contribution is -2.57. The standard InChI is InChI=1S/C11H15FN2O4/c1-5-3-14(11(18)13-10(5)17)7-2-8(16)6(4-15)9(7)12/h5,7-8,15-16H,2-4H2,1H3,(H,13,17,18)/t5?,7-,8-/m0/s1. The summed E-state index contributed by atoms with van der Waals surface area (Å²) in [6.07, 6.45) is -1.07. The molecule has 0 aromatic heterocycles. The zero-order chi connectivity index (χ0) is 13.4. The summed E-state index contributed by atoms with van der Waals surface area (Å²) < 4.78 is 13.9. The Morgan fingerprint density at radius 2 is 2.17 bits per heavy atom. The van der Waals surface area contributed by atoms with Crippen LogP contribution in [0, 0.1) is 5.92 Å². The van der Waals surface area contributed by atoms with Gasteiger partial charge < -0.3 is 15.1 Å². The molecule has 0 bridgehead atoms. The largest absolute Gasteiger partial charge is 0.392 e. The Morgan fingerprint density at radius 1 is 1.50 bits per heavy atom. The number of aliphatic hydroxyl groups is 2. The van der Waals surface area contributed by atoms with Crippen LogP contribution in [0.3, 0.4) is 0 Å². The molecule has 1 heterocycles. The fraction of sp³-hybridized carbons (Fsp3) is 0.636. The highest BCUT2D eigenvalue weighted by molar-refractivity contribution is 5.98. The molecule has 0 radical (unpaired) electrons. The number of carbonyl (C=O) groups is 2. The minimum atomic E-state index is -1.08. The monoisotopic (exact) mass is 258 g/mol. The van der Waals surface area contributed by atoms with Gasteiger partial charge in [0.15, 0.2) is 0 Å². The number of rotatable bonds is 2. The highest BCUT2D eigenvalue weighted by Gasteiger charge is 2.41. The Hall–Kier alpha value is -1.47. The second-order valence-electron chi connectivity index (χ2n) is 4.65. The Bertz CT molecular complexity index is 423. The highest BCUT2D eigenvalue weighted by Crippen LogP contribution is 2.32. The van der Waals surface area contributed by atoms with E-state index < -0.39 is 36.5 Å². The van der Waals surface area contributed by atoms with Crippen molar-refractivity contribution in [3.05, 3.63) is 11.4 Å². The molecule has 0 spiro atoms. The summed E-state index contributed by atoms with van der Waals surface area (Å²) in [7, 11) is 0. The van der Waals surface area contributed by atoms with Crippen molar-refractivity contribution in [3.8, 4) is 0 Å². The number of nitrogens with zero attached hydrogens (tertiary/aromatic N) is 1. The van der Waals surface area contributed by atoms with Gasteiger partial charge in [-0.05, 0) is 0 Å². The molecule has 6 nitrogen and oxygen atoms in total. The third-order valence-electron chi connectivity index (χ3n) is 3.40. The van der Waals surface area contributed by atoms with Gasteiger partial charge in [0.2, 0.25) is 5.91 Å². The van der Waals surface area contributed by atoms with Gasteiger partial charge in [-0.3, -0.25) is 10.1 Å².